The van der Waals surface area contributed by atoms with Crippen molar-refractivity contribution < 1.29 is 0 Å². The van der Waals surface area contributed by atoms with Gasteiger partial charge in [-0.2, -0.15) is 0 Å². The molecule has 2 aromatic carbocycles. The standard InChI is InChI=1S/C17H20ClN/c1-4-19-11-14-8-9-16(17(18)10-14)15-7-5-6-12(2)13(15)3/h5-10,19H,4,11H2,1-3H3. The van der Waals surface area contributed by atoms with Crippen LogP contribution >= 0.6 is 11.6 Å². The number of nitrogens with one attached hydrogen (secondary N) is 1. The highest BCUT2D eigenvalue weighted by Crippen LogP contribution is 2.32. The molecule has 0 aliphatic heterocycles. The second-order valence-electron chi connectivity index (χ2n) is 4.84. The summed E-state index contributed by atoms with van der Waals surface area (Å²) in [7, 11) is 0. The minimum Gasteiger partial charge on any atom is -0.313 e. The fourth-order valence-corrected chi connectivity index (χ4v) is 2.50. The minimum atomic E-state index is 0.823. The highest BCUT2D eigenvalue weighted by molar-refractivity contribution is 6.33. The first-order valence-electron chi connectivity index (χ1n) is 6.69. The van der Waals surface area contributed by atoms with E-state index in [1.807, 2.05) is 0 Å². The molecule has 19 heavy (non-hydrogen) atoms. The van der Waals surface area contributed by atoms with E-state index in [0.29, 0.717) is 0 Å². The first-order chi connectivity index (χ1) is 9.13. The zero-order valence-electron chi connectivity index (χ0n) is 11.8. The van der Waals surface area contributed by atoms with E-state index in [-0.39, 0.29) is 0 Å². The Morgan fingerprint density at radius 3 is 2.53 bits per heavy atom. The number of hydrogen-bond donors (Lipinski definition) is 1. The van der Waals surface area contributed by atoms with Gasteiger partial charge in [-0.3, -0.25) is 0 Å². The zero-order chi connectivity index (χ0) is 13.8. The van der Waals surface area contributed by atoms with Gasteiger partial charge in [0.15, 0.2) is 0 Å². The number of halogens is 1. The highest BCUT2D eigenvalue weighted by Gasteiger charge is 2.08. The largest absolute Gasteiger partial charge is 0.313 e. The van der Waals surface area contributed by atoms with Crippen LogP contribution in [-0.4, -0.2) is 6.54 Å². The second kappa shape index (κ2) is 6.23. The van der Waals surface area contributed by atoms with Gasteiger partial charge in [0, 0.05) is 17.1 Å². The molecule has 0 amide bonds. The van der Waals surface area contributed by atoms with Crippen LogP contribution in [0.15, 0.2) is 36.4 Å². The molecule has 0 heterocycles. The molecule has 2 heteroatoms. The van der Waals surface area contributed by atoms with Crippen molar-refractivity contribution in [3.63, 3.8) is 0 Å². The summed E-state index contributed by atoms with van der Waals surface area (Å²) in [5, 5.41) is 4.14. The van der Waals surface area contributed by atoms with Crippen molar-refractivity contribution in [2.45, 2.75) is 27.3 Å². The Labute approximate surface area is 120 Å². The third kappa shape index (κ3) is 3.17. The van der Waals surface area contributed by atoms with Crippen molar-refractivity contribution in [1.82, 2.24) is 5.32 Å². The van der Waals surface area contributed by atoms with Crippen molar-refractivity contribution in [3.8, 4) is 11.1 Å². The summed E-state index contributed by atoms with van der Waals surface area (Å²) < 4.78 is 0. The summed E-state index contributed by atoms with van der Waals surface area (Å²) in [6, 6.07) is 12.7. The first-order valence-corrected chi connectivity index (χ1v) is 7.07. The van der Waals surface area contributed by atoms with Gasteiger partial charge in [-0.25, -0.2) is 0 Å². The van der Waals surface area contributed by atoms with E-state index in [4.69, 9.17) is 11.6 Å². The number of benzene rings is 2. The van der Waals surface area contributed by atoms with Gasteiger partial charge < -0.3 is 5.32 Å². The Morgan fingerprint density at radius 1 is 1.05 bits per heavy atom. The average molecular weight is 274 g/mol. The molecule has 0 bridgehead atoms. The lowest BCUT2D eigenvalue weighted by Crippen LogP contribution is -2.11. The van der Waals surface area contributed by atoms with Crippen LogP contribution in [0.5, 0.6) is 0 Å². The summed E-state index contributed by atoms with van der Waals surface area (Å²) in [5.74, 6) is 0. The predicted octanol–water partition coefficient (Wildman–Crippen LogP) is 4.73. The van der Waals surface area contributed by atoms with E-state index < -0.39 is 0 Å². The molecule has 1 nitrogen and oxygen atoms in total. The molecule has 0 fully saturated rings. The highest BCUT2D eigenvalue weighted by atomic mass is 35.5. The van der Waals surface area contributed by atoms with Crippen LogP contribution in [0.4, 0.5) is 0 Å². The van der Waals surface area contributed by atoms with Gasteiger partial charge in [-0.1, -0.05) is 48.9 Å². The quantitative estimate of drug-likeness (QED) is 0.849. The fraction of sp³-hybridized carbons (Fsp3) is 0.294. The zero-order valence-corrected chi connectivity index (χ0v) is 12.5. The van der Waals surface area contributed by atoms with Crippen LogP contribution in [0.2, 0.25) is 5.02 Å². The van der Waals surface area contributed by atoms with Gasteiger partial charge in [0.05, 0.1) is 0 Å². The Kier molecular flexibility index (Phi) is 4.62. The van der Waals surface area contributed by atoms with E-state index in [0.717, 1.165) is 23.7 Å². The number of hydrogen-bond acceptors (Lipinski definition) is 1. The van der Waals surface area contributed by atoms with E-state index in [9.17, 15) is 0 Å². The molecule has 1 N–H and O–H groups in total. The van der Waals surface area contributed by atoms with Gasteiger partial charge in [0.25, 0.3) is 0 Å². The predicted molar refractivity (Wildman–Crippen MR) is 83.7 cm³/mol. The maximum atomic E-state index is 6.44. The van der Waals surface area contributed by atoms with E-state index in [1.54, 1.807) is 0 Å². The lowest BCUT2D eigenvalue weighted by molar-refractivity contribution is 0.727. The summed E-state index contributed by atoms with van der Waals surface area (Å²) in [4.78, 5) is 0. The Balaban J connectivity index is 2.38. The fourth-order valence-electron chi connectivity index (χ4n) is 2.20. The molecule has 0 saturated heterocycles. The summed E-state index contributed by atoms with van der Waals surface area (Å²) in [6.45, 7) is 8.21. The molecule has 2 aromatic rings. The molecular weight excluding hydrogens is 254 g/mol. The van der Waals surface area contributed by atoms with Crippen molar-refractivity contribution in [1.29, 1.82) is 0 Å². The molecule has 0 radical (unpaired) electrons. The molecule has 2 rings (SSSR count). The van der Waals surface area contributed by atoms with Crippen LogP contribution in [0.25, 0.3) is 11.1 Å². The molecule has 0 atom stereocenters. The Hall–Kier alpha value is -1.31. The molecule has 0 aliphatic rings. The summed E-state index contributed by atoms with van der Waals surface area (Å²) >= 11 is 6.44. The maximum Gasteiger partial charge on any atom is 0.0487 e. The van der Waals surface area contributed by atoms with Crippen LogP contribution in [0, 0.1) is 13.8 Å². The number of rotatable bonds is 4. The second-order valence-corrected chi connectivity index (χ2v) is 5.25. The lowest BCUT2D eigenvalue weighted by Gasteiger charge is -2.12. The third-order valence-electron chi connectivity index (χ3n) is 3.51. The van der Waals surface area contributed by atoms with Gasteiger partial charge in [-0.15, -0.1) is 0 Å². The third-order valence-corrected chi connectivity index (χ3v) is 3.82. The SMILES string of the molecule is CCNCc1ccc(-c2cccc(C)c2C)c(Cl)c1. The monoisotopic (exact) mass is 273 g/mol. The molecule has 100 valence electrons. The Morgan fingerprint density at radius 2 is 1.84 bits per heavy atom. The van der Waals surface area contributed by atoms with Crippen LogP contribution in [0.1, 0.15) is 23.6 Å². The first kappa shape index (κ1) is 14.1. The maximum absolute atomic E-state index is 6.44. The van der Waals surface area contributed by atoms with Gasteiger partial charge in [-0.05, 0) is 48.7 Å². The van der Waals surface area contributed by atoms with Crippen LogP contribution in [0.3, 0.4) is 0 Å². The normalized spacial score (nSPS) is 10.7. The van der Waals surface area contributed by atoms with Crippen LogP contribution in [-0.2, 0) is 6.54 Å². The van der Waals surface area contributed by atoms with Crippen LogP contribution < -0.4 is 5.32 Å². The molecule has 0 unspecified atom stereocenters. The molecule has 0 saturated carbocycles. The molecule has 0 aromatic heterocycles. The number of aryl methyl sites for hydroxylation is 1. The topological polar surface area (TPSA) is 12.0 Å². The van der Waals surface area contributed by atoms with Crippen molar-refractivity contribution >= 4 is 11.6 Å². The van der Waals surface area contributed by atoms with Crippen molar-refractivity contribution in [3.05, 3.63) is 58.1 Å². The summed E-state index contributed by atoms with van der Waals surface area (Å²) in [6.07, 6.45) is 0. The van der Waals surface area contributed by atoms with E-state index >= 15 is 0 Å². The molecular formula is C17H20ClN. The van der Waals surface area contributed by atoms with E-state index in [2.05, 4.69) is 62.5 Å². The van der Waals surface area contributed by atoms with Crippen molar-refractivity contribution in [2.24, 2.45) is 0 Å². The average Bonchev–Trinajstić information content (AvgIpc) is 2.40. The van der Waals surface area contributed by atoms with Crippen molar-refractivity contribution in [2.75, 3.05) is 6.54 Å². The minimum absolute atomic E-state index is 0.823. The molecule has 0 aliphatic carbocycles. The van der Waals surface area contributed by atoms with Gasteiger partial charge >= 0.3 is 0 Å². The summed E-state index contributed by atoms with van der Waals surface area (Å²) in [5.41, 5.74) is 6.15. The smallest absolute Gasteiger partial charge is 0.0487 e. The van der Waals surface area contributed by atoms with Gasteiger partial charge in [0.2, 0.25) is 0 Å². The van der Waals surface area contributed by atoms with E-state index in [1.165, 1.54) is 22.3 Å². The molecule has 0 spiro atoms. The lowest BCUT2D eigenvalue weighted by atomic mass is 9.96. The Bertz CT molecular complexity index is 575. The van der Waals surface area contributed by atoms with Gasteiger partial charge in [0.1, 0.15) is 0 Å².